The zero-order chi connectivity index (χ0) is 7.07. The summed E-state index contributed by atoms with van der Waals surface area (Å²) in [4.78, 5) is 0. The number of hydrogen-bond acceptors (Lipinski definition) is 2. The molecular formula is C5H12Cl2F2N2. The summed E-state index contributed by atoms with van der Waals surface area (Å²) in [5.41, 5.74) is 10.5. The quantitative estimate of drug-likeness (QED) is 0.623. The van der Waals surface area contributed by atoms with Gasteiger partial charge in [-0.25, -0.2) is 8.78 Å². The van der Waals surface area contributed by atoms with Gasteiger partial charge in [0.15, 0.2) is 0 Å². The van der Waals surface area contributed by atoms with Gasteiger partial charge >= 0.3 is 0 Å². The second kappa shape index (κ2) is 4.40. The van der Waals surface area contributed by atoms with E-state index in [1.807, 2.05) is 0 Å². The molecule has 0 spiro atoms. The Labute approximate surface area is 76.5 Å². The molecule has 0 bridgehead atoms. The molecule has 1 rings (SSSR count). The van der Waals surface area contributed by atoms with Crippen LogP contribution in [0.5, 0.6) is 0 Å². The summed E-state index contributed by atoms with van der Waals surface area (Å²) in [6, 6.07) is -1.03. The molecule has 1 aliphatic rings. The Morgan fingerprint density at radius 2 is 1.27 bits per heavy atom. The van der Waals surface area contributed by atoms with Gasteiger partial charge in [0.05, 0.1) is 0 Å². The number of hydrogen-bond donors (Lipinski definition) is 2. The number of rotatable bonds is 0. The van der Waals surface area contributed by atoms with Crippen LogP contribution in [0.1, 0.15) is 12.8 Å². The molecule has 0 saturated heterocycles. The normalized spacial score (nSPS) is 33.8. The first-order valence-electron chi connectivity index (χ1n) is 2.90. The molecule has 11 heavy (non-hydrogen) atoms. The van der Waals surface area contributed by atoms with Gasteiger partial charge in [-0.1, -0.05) is 0 Å². The molecule has 2 atom stereocenters. The third-order valence-electron chi connectivity index (χ3n) is 1.62. The van der Waals surface area contributed by atoms with E-state index in [-0.39, 0.29) is 37.7 Å². The van der Waals surface area contributed by atoms with E-state index < -0.39 is 18.0 Å². The highest BCUT2D eigenvalue weighted by molar-refractivity contribution is 5.85. The van der Waals surface area contributed by atoms with E-state index in [1.165, 1.54) is 0 Å². The van der Waals surface area contributed by atoms with Crippen LogP contribution in [0, 0.1) is 0 Å². The maximum atomic E-state index is 12.3. The Morgan fingerprint density at radius 1 is 1.00 bits per heavy atom. The van der Waals surface area contributed by atoms with E-state index in [2.05, 4.69) is 0 Å². The second-order valence-corrected chi connectivity index (χ2v) is 2.59. The predicted molar refractivity (Wildman–Crippen MR) is 44.6 cm³/mol. The molecule has 0 unspecified atom stereocenters. The van der Waals surface area contributed by atoms with Crippen LogP contribution in [0.2, 0.25) is 0 Å². The maximum Gasteiger partial charge on any atom is 0.251 e. The van der Waals surface area contributed by atoms with Crippen LogP contribution in [0.25, 0.3) is 0 Å². The van der Waals surface area contributed by atoms with Crippen molar-refractivity contribution in [2.24, 2.45) is 11.5 Å². The lowest BCUT2D eigenvalue weighted by molar-refractivity contribution is 0.00693. The fraction of sp³-hybridized carbons (Fsp3) is 1.00. The van der Waals surface area contributed by atoms with Gasteiger partial charge < -0.3 is 11.5 Å². The molecule has 0 aliphatic heterocycles. The Balaban J connectivity index is 0. The van der Waals surface area contributed by atoms with Gasteiger partial charge in [-0.3, -0.25) is 0 Å². The molecular weight excluding hydrogens is 197 g/mol. The van der Waals surface area contributed by atoms with Gasteiger partial charge in [0.25, 0.3) is 5.92 Å². The first kappa shape index (κ1) is 13.9. The van der Waals surface area contributed by atoms with Crippen LogP contribution in [0.4, 0.5) is 8.78 Å². The average Bonchev–Trinajstić information content (AvgIpc) is 1.79. The Kier molecular flexibility index (Phi) is 5.57. The molecule has 0 radical (unpaired) electrons. The Morgan fingerprint density at radius 3 is 1.36 bits per heavy atom. The van der Waals surface area contributed by atoms with Crippen LogP contribution in [-0.4, -0.2) is 18.0 Å². The van der Waals surface area contributed by atoms with E-state index in [0.717, 1.165) is 0 Å². The Hall–Kier alpha value is 0.360. The highest BCUT2D eigenvalue weighted by Gasteiger charge is 2.42. The van der Waals surface area contributed by atoms with Crippen molar-refractivity contribution < 1.29 is 8.78 Å². The van der Waals surface area contributed by atoms with Crippen molar-refractivity contribution in [2.45, 2.75) is 30.8 Å². The third-order valence-corrected chi connectivity index (χ3v) is 1.62. The summed E-state index contributed by atoms with van der Waals surface area (Å²) in [7, 11) is 0. The van der Waals surface area contributed by atoms with E-state index in [4.69, 9.17) is 11.5 Å². The molecule has 0 amide bonds. The molecule has 0 heterocycles. The van der Waals surface area contributed by atoms with E-state index in [9.17, 15) is 8.78 Å². The highest BCUT2D eigenvalue weighted by Crippen LogP contribution is 2.32. The van der Waals surface area contributed by atoms with Crippen molar-refractivity contribution in [3.63, 3.8) is 0 Å². The fourth-order valence-corrected chi connectivity index (χ4v) is 1.08. The zero-order valence-electron chi connectivity index (χ0n) is 5.80. The Bertz CT molecular complexity index is 111. The first-order valence-corrected chi connectivity index (χ1v) is 2.90. The van der Waals surface area contributed by atoms with Gasteiger partial charge in [-0.2, -0.15) is 0 Å². The molecule has 2 nitrogen and oxygen atoms in total. The van der Waals surface area contributed by atoms with Crippen LogP contribution >= 0.6 is 24.8 Å². The SMILES string of the molecule is Cl.Cl.N[C@@H]1CC(F)(F)C[C@@H]1N. The molecule has 6 heteroatoms. The lowest BCUT2D eigenvalue weighted by Crippen LogP contribution is -2.35. The minimum Gasteiger partial charge on any atom is -0.326 e. The van der Waals surface area contributed by atoms with Crippen LogP contribution in [-0.2, 0) is 0 Å². The number of nitrogens with two attached hydrogens (primary N) is 2. The molecule has 70 valence electrons. The van der Waals surface area contributed by atoms with Gasteiger partial charge in [0.2, 0.25) is 0 Å². The second-order valence-electron chi connectivity index (χ2n) is 2.59. The third kappa shape index (κ3) is 3.51. The summed E-state index contributed by atoms with van der Waals surface area (Å²) in [5.74, 6) is -2.61. The van der Waals surface area contributed by atoms with Crippen molar-refractivity contribution in [1.29, 1.82) is 0 Å². The average molecular weight is 209 g/mol. The van der Waals surface area contributed by atoms with Gasteiger partial charge in [-0.05, 0) is 0 Å². The van der Waals surface area contributed by atoms with Crippen molar-refractivity contribution in [3.8, 4) is 0 Å². The zero-order valence-corrected chi connectivity index (χ0v) is 7.43. The van der Waals surface area contributed by atoms with E-state index in [1.54, 1.807) is 0 Å². The maximum absolute atomic E-state index is 12.3. The van der Waals surface area contributed by atoms with Crippen LogP contribution in [0.3, 0.4) is 0 Å². The fourth-order valence-electron chi connectivity index (χ4n) is 1.08. The molecule has 4 N–H and O–H groups in total. The van der Waals surface area contributed by atoms with Gasteiger partial charge in [0.1, 0.15) is 0 Å². The minimum absolute atomic E-state index is 0. The molecule has 1 saturated carbocycles. The summed E-state index contributed by atoms with van der Waals surface area (Å²) < 4.78 is 24.6. The number of halogens is 4. The summed E-state index contributed by atoms with van der Waals surface area (Å²) in [6.45, 7) is 0. The van der Waals surface area contributed by atoms with Crippen molar-refractivity contribution >= 4 is 24.8 Å². The summed E-state index contributed by atoms with van der Waals surface area (Å²) >= 11 is 0. The number of alkyl halides is 2. The van der Waals surface area contributed by atoms with Crippen molar-refractivity contribution in [2.75, 3.05) is 0 Å². The largest absolute Gasteiger partial charge is 0.326 e. The smallest absolute Gasteiger partial charge is 0.251 e. The summed E-state index contributed by atoms with van der Waals surface area (Å²) in [5, 5.41) is 0. The van der Waals surface area contributed by atoms with Gasteiger partial charge in [-0.15, -0.1) is 24.8 Å². The van der Waals surface area contributed by atoms with Crippen LogP contribution < -0.4 is 11.5 Å². The summed E-state index contributed by atoms with van der Waals surface area (Å²) in [6.07, 6.45) is -0.512. The van der Waals surface area contributed by atoms with Crippen molar-refractivity contribution in [3.05, 3.63) is 0 Å². The molecule has 0 aromatic heterocycles. The molecule has 1 fully saturated rings. The first-order chi connectivity index (χ1) is 4.01. The lowest BCUT2D eigenvalue weighted by Gasteiger charge is -2.04. The molecule has 0 aromatic carbocycles. The molecule has 1 aliphatic carbocycles. The predicted octanol–water partition coefficient (Wildman–Crippen LogP) is 0.914. The van der Waals surface area contributed by atoms with E-state index in [0.29, 0.717) is 0 Å². The monoisotopic (exact) mass is 208 g/mol. The van der Waals surface area contributed by atoms with Gasteiger partial charge in [0, 0.05) is 24.9 Å². The highest BCUT2D eigenvalue weighted by atomic mass is 35.5. The minimum atomic E-state index is -2.61. The lowest BCUT2D eigenvalue weighted by atomic mass is 10.2. The van der Waals surface area contributed by atoms with Crippen molar-refractivity contribution in [1.82, 2.24) is 0 Å². The standard InChI is InChI=1S/C5H10F2N2.2ClH/c6-5(7)1-3(8)4(9)2-5;;/h3-4H,1-2,8-9H2;2*1H/t3-,4+;;. The van der Waals surface area contributed by atoms with E-state index >= 15 is 0 Å². The molecule has 0 aromatic rings. The van der Waals surface area contributed by atoms with Crippen LogP contribution in [0.15, 0.2) is 0 Å². The topological polar surface area (TPSA) is 52.0 Å².